The Kier molecular flexibility index (Phi) is 4.86. The summed E-state index contributed by atoms with van der Waals surface area (Å²) >= 11 is 6.50. The number of rotatable bonds is 3. The fraction of sp³-hybridized carbons (Fsp3) is 0.0968. The standard InChI is InChI=1S/C31H23ClN2/c1-31(2)26-14-7-6-13-24(26)25-16-15-23(18-27(25)31)30-33-28(19-29(32)34-30)22-12-8-11-21(17-22)20-9-4-3-5-10-20/h3-19H,1-2H3. The molecule has 1 aliphatic carbocycles. The van der Waals surface area contributed by atoms with Crippen LogP contribution in [0.3, 0.4) is 0 Å². The smallest absolute Gasteiger partial charge is 0.161 e. The Morgan fingerprint density at radius 1 is 0.559 bits per heavy atom. The summed E-state index contributed by atoms with van der Waals surface area (Å²) in [5, 5.41) is 0.438. The van der Waals surface area contributed by atoms with Gasteiger partial charge in [0, 0.05) is 22.6 Å². The van der Waals surface area contributed by atoms with Crippen LogP contribution in [-0.2, 0) is 5.41 Å². The Bertz CT molecular complexity index is 1540. The van der Waals surface area contributed by atoms with E-state index in [1.807, 2.05) is 12.1 Å². The summed E-state index contributed by atoms with van der Waals surface area (Å²) in [5.41, 5.74) is 10.3. The van der Waals surface area contributed by atoms with Crippen LogP contribution in [0.15, 0.2) is 103 Å². The van der Waals surface area contributed by atoms with Gasteiger partial charge in [-0.25, -0.2) is 9.97 Å². The lowest BCUT2D eigenvalue weighted by Gasteiger charge is -2.21. The minimum atomic E-state index is -0.0760. The lowest BCUT2D eigenvalue weighted by molar-refractivity contribution is 0.660. The second-order valence-electron chi connectivity index (χ2n) is 9.28. The van der Waals surface area contributed by atoms with Gasteiger partial charge >= 0.3 is 0 Å². The van der Waals surface area contributed by atoms with Crippen LogP contribution in [-0.4, -0.2) is 9.97 Å². The average Bonchev–Trinajstić information content (AvgIpc) is 3.11. The molecule has 3 heteroatoms. The van der Waals surface area contributed by atoms with Gasteiger partial charge in [-0.05, 0) is 45.5 Å². The van der Waals surface area contributed by atoms with E-state index in [-0.39, 0.29) is 5.41 Å². The molecular weight excluding hydrogens is 436 g/mol. The number of halogens is 1. The fourth-order valence-corrected chi connectivity index (χ4v) is 5.21. The first-order valence-corrected chi connectivity index (χ1v) is 11.8. The molecule has 0 fully saturated rings. The normalized spacial score (nSPS) is 13.4. The van der Waals surface area contributed by atoms with Crippen LogP contribution in [0.2, 0.25) is 5.15 Å². The molecule has 34 heavy (non-hydrogen) atoms. The lowest BCUT2D eigenvalue weighted by atomic mass is 9.82. The van der Waals surface area contributed by atoms with E-state index in [1.54, 1.807) is 0 Å². The van der Waals surface area contributed by atoms with Crippen molar-refractivity contribution >= 4 is 11.6 Å². The summed E-state index contributed by atoms with van der Waals surface area (Å²) in [6.45, 7) is 4.56. The highest BCUT2D eigenvalue weighted by atomic mass is 35.5. The third-order valence-corrected chi connectivity index (χ3v) is 7.00. The van der Waals surface area contributed by atoms with Gasteiger partial charge in [0.25, 0.3) is 0 Å². The molecule has 164 valence electrons. The summed E-state index contributed by atoms with van der Waals surface area (Å²) in [6.07, 6.45) is 0. The van der Waals surface area contributed by atoms with Gasteiger partial charge in [0.1, 0.15) is 5.15 Å². The molecule has 1 aromatic heterocycles. The van der Waals surface area contributed by atoms with Crippen molar-refractivity contribution in [3.05, 3.63) is 119 Å². The first-order valence-electron chi connectivity index (χ1n) is 11.5. The van der Waals surface area contributed by atoms with E-state index in [2.05, 4.69) is 110 Å². The molecule has 1 heterocycles. The van der Waals surface area contributed by atoms with Crippen LogP contribution in [0.5, 0.6) is 0 Å². The molecule has 0 saturated heterocycles. The van der Waals surface area contributed by atoms with Crippen molar-refractivity contribution in [3.8, 4) is 44.9 Å². The largest absolute Gasteiger partial charge is 0.228 e. The minimum absolute atomic E-state index is 0.0760. The number of aromatic nitrogens is 2. The van der Waals surface area contributed by atoms with Crippen molar-refractivity contribution in [1.29, 1.82) is 0 Å². The summed E-state index contributed by atoms with van der Waals surface area (Å²) < 4.78 is 0. The quantitative estimate of drug-likeness (QED) is 0.253. The van der Waals surface area contributed by atoms with Crippen LogP contribution in [0.4, 0.5) is 0 Å². The average molecular weight is 459 g/mol. The molecule has 1 aliphatic rings. The molecular formula is C31H23ClN2. The predicted molar refractivity (Wildman–Crippen MR) is 141 cm³/mol. The summed E-state index contributed by atoms with van der Waals surface area (Å²) in [5.74, 6) is 0.641. The second kappa shape index (κ2) is 7.93. The zero-order valence-corrected chi connectivity index (χ0v) is 19.8. The van der Waals surface area contributed by atoms with E-state index in [9.17, 15) is 0 Å². The maximum atomic E-state index is 6.50. The lowest BCUT2D eigenvalue weighted by Crippen LogP contribution is -2.15. The van der Waals surface area contributed by atoms with Gasteiger partial charge in [-0.1, -0.05) is 110 Å². The molecule has 0 atom stereocenters. The Balaban J connectivity index is 1.44. The van der Waals surface area contributed by atoms with E-state index < -0.39 is 0 Å². The topological polar surface area (TPSA) is 25.8 Å². The monoisotopic (exact) mass is 458 g/mol. The molecule has 0 N–H and O–H groups in total. The SMILES string of the molecule is CC1(C)c2ccccc2-c2ccc(-c3nc(Cl)cc(-c4cccc(-c5ccccc5)c4)n3)cc21. The summed E-state index contributed by atoms with van der Waals surface area (Å²) in [4.78, 5) is 9.52. The molecule has 0 bridgehead atoms. The Morgan fingerprint density at radius 2 is 1.26 bits per heavy atom. The van der Waals surface area contributed by atoms with E-state index >= 15 is 0 Å². The number of fused-ring (bicyclic) bond motifs is 3. The minimum Gasteiger partial charge on any atom is -0.228 e. The third kappa shape index (κ3) is 3.43. The van der Waals surface area contributed by atoms with Crippen LogP contribution < -0.4 is 0 Å². The van der Waals surface area contributed by atoms with Gasteiger partial charge < -0.3 is 0 Å². The zero-order chi connectivity index (χ0) is 23.3. The number of hydrogen-bond acceptors (Lipinski definition) is 2. The molecule has 5 aromatic rings. The van der Waals surface area contributed by atoms with Crippen LogP contribution in [0.1, 0.15) is 25.0 Å². The van der Waals surface area contributed by atoms with E-state index in [0.29, 0.717) is 11.0 Å². The molecule has 4 aromatic carbocycles. The maximum absolute atomic E-state index is 6.50. The highest BCUT2D eigenvalue weighted by molar-refractivity contribution is 6.29. The number of nitrogens with zero attached hydrogens (tertiary/aromatic N) is 2. The Labute approximate surface area is 204 Å². The molecule has 0 spiro atoms. The van der Waals surface area contributed by atoms with E-state index in [1.165, 1.54) is 27.8 Å². The highest BCUT2D eigenvalue weighted by Crippen LogP contribution is 2.49. The number of hydrogen-bond donors (Lipinski definition) is 0. The number of benzene rings is 4. The van der Waals surface area contributed by atoms with E-state index in [0.717, 1.165) is 22.4 Å². The first kappa shape index (κ1) is 20.8. The zero-order valence-electron chi connectivity index (χ0n) is 19.1. The maximum Gasteiger partial charge on any atom is 0.161 e. The van der Waals surface area contributed by atoms with Crippen LogP contribution in [0, 0.1) is 0 Å². The molecule has 0 aliphatic heterocycles. The molecule has 0 saturated carbocycles. The van der Waals surface area contributed by atoms with Crippen LogP contribution >= 0.6 is 11.6 Å². The highest BCUT2D eigenvalue weighted by Gasteiger charge is 2.35. The van der Waals surface area contributed by atoms with Crippen molar-refractivity contribution in [2.75, 3.05) is 0 Å². The van der Waals surface area contributed by atoms with Crippen molar-refractivity contribution in [1.82, 2.24) is 9.97 Å². The molecule has 0 amide bonds. The van der Waals surface area contributed by atoms with Gasteiger partial charge in [0.15, 0.2) is 5.82 Å². The van der Waals surface area contributed by atoms with Gasteiger partial charge in [-0.3, -0.25) is 0 Å². The summed E-state index contributed by atoms with van der Waals surface area (Å²) in [6, 6.07) is 35.8. The van der Waals surface area contributed by atoms with Crippen molar-refractivity contribution in [2.24, 2.45) is 0 Å². The molecule has 2 nitrogen and oxygen atoms in total. The van der Waals surface area contributed by atoms with Gasteiger partial charge in [-0.15, -0.1) is 0 Å². The molecule has 0 radical (unpaired) electrons. The van der Waals surface area contributed by atoms with Crippen LogP contribution in [0.25, 0.3) is 44.9 Å². The van der Waals surface area contributed by atoms with E-state index in [4.69, 9.17) is 16.6 Å². The Hall–Kier alpha value is -3.75. The van der Waals surface area contributed by atoms with Crippen molar-refractivity contribution in [3.63, 3.8) is 0 Å². The fourth-order valence-electron chi connectivity index (χ4n) is 5.03. The van der Waals surface area contributed by atoms with Gasteiger partial charge in [0.05, 0.1) is 5.69 Å². The molecule has 6 rings (SSSR count). The molecule has 0 unspecified atom stereocenters. The predicted octanol–water partition coefficient (Wildman–Crippen LogP) is 8.44. The first-order chi connectivity index (χ1) is 16.5. The van der Waals surface area contributed by atoms with Gasteiger partial charge in [0.2, 0.25) is 0 Å². The van der Waals surface area contributed by atoms with Crippen molar-refractivity contribution in [2.45, 2.75) is 19.3 Å². The second-order valence-corrected chi connectivity index (χ2v) is 9.66. The van der Waals surface area contributed by atoms with Crippen molar-refractivity contribution < 1.29 is 0 Å². The van der Waals surface area contributed by atoms with Gasteiger partial charge in [-0.2, -0.15) is 0 Å². The summed E-state index contributed by atoms with van der Waals surface area (Å²) in [7, 11) is 0. The third-order valence-electron chi connectivity index (χ3n) is 6.80. The Morgan fingerprint density at radius 3 is 2.12 bits per heavy atom.